The molecule has 0 saturated heterocycles. The highest BCUT2D eigenvalue weighted by molar-refractivity contribution is 7.89. The third kappa shape index (κ3) is 2.07. The highest BCUT2D eigenvalue weighted by Gasteiger charge is 2.13. The number of sulfonamides is 1. The van der Waals surface area contributed by atoms with Gasteiger partial charge in [-0.25, -0.2) is 18.5 Å². The van der Waals surface area contributed by atoms with Gasteiger partial charge in [0.15, 0.2) is 0 Å². The second-order valence-corrected chi connectivity index (χ2v) is 4.31. The monoisotopic (exact) mass is 226 g/mol. The van der Waals surface area contributed by atoms with Gasteiger partial charge in [-0.05, 0) is 6.07 Å². The summed E-state index contributed by atoms with van der Waals surface area (Å²) in [5.41, 5.74) is 0. The lowest BCUT2D eigenvalue weighted by Gasteiger charge is -1.99. The molecule has 66 valence electrons. The highest BCUT2D eigenvalue weighted by Crippen LogP contribution is 2.21. The normalized spacial score (nSPS) is 11.6. The van der Waals surface area contributed by atoms with Crippen molar-refractivity contribution < 1.29 is 8.42 Å². The molecule has 1 aromatic rings. The second kappa shape index (κ2) is 3.18. The standard InChI is InChI=1S/C5H4Cl2N2O2S/c6-3-1-5(7)9-2-4(3)12(8,10)11/h1-2H,(H2,8,10,11). The fourth-order valence-corrected chi connectivity index (χ4v) is 1.82. The first kappa shape index (κ1) is 9.73. The zero-order chi connectivity index (χ0) is 9.35. The second-order valence-electron chi connectivity index (χ2n) is 1.98. The third-order valence-corrected chi connectivity index (χ3v) is 2.66. The van der Waals surface area contributed by atoms with Crippen LogP contribution in [0.2, 0.25) is 10.2 Å². The first-order chi connectivity index (χ1) is 5.41. The van der Waals surface area contributed by atoms with Gasteiger partial charge in [0, 0.05) is 0 Å². The molecule has 0 bridgehead atoms. The van der Waals surface area contributed by atoms with Gasteiger partial charge in [0.25, 0.3) is 0 Å². The van der Waals surface area contributed by atoms with E-state index < -0.39 is 10.0 Å². The van der Waals surface area contributed by atoms with E-state index in [0.29, 0.717) is 0 Å². The van der Waals surface area contributed by atoms with Crippen molar-refractivity contribution in [3.63, 3.8) is 0 Å². The SMILES string of the molecule is NS(=O)(=O)c1cnc(Cl)cc1Cl. The zero-order valence-corrected chi connectivity index (χ0v) is 7.99. The van der Waals surface area contributed by atoms with Crippen LogP contribution in [-0.2, 0) is 10.0 Å². The van der Waals surface area contributed by atoms with Crippen LogP contribution < -0.4 is 5.14 Å². The number of primary sulfonamides is 1. The third-order valence-electron chi connectivity index (χ3n) is 1.09. The van der Waals surface area contributed by atoms with E-state index >= 15 is 0 Å². The highest BCUT2D eigenvalue weighted by atomic mass is 35.5. The summed E-state index contributed by atoms with van der Waals surface area (Å²) in [6.45, 7) is 0. The molecule has 0 spiro atoms. The first-order valence-corrected chi connectivity index (χ1v) is 5.05. The number of hydrogen-bond acceptors (Lipinski definition) is 3. The predicted molar refractivity (Wildman–Crippen MR) is 45.6 cm³/mol. The van der Waals surface area contributed by atoms with Crippen LogP contribution >= 0.6 is 23.2 Å². The van der Waals surface area contributed by atoms with E-state index in [0.717, 1.165) is 6.20 Å². The Bertz CT molecular complexity index is 404. The summed E-state index contributed by atoms with van der Waals surface area (Å²) in [7, 11) is -3.80. The Labute approximate surface area is 79.4 Å². The summed E-state index contributed by atoms with van der Waals surface area (Å²) in [6.07, 6.45) is 1.01. The number of nitrogens with two attached hydrogens (primary N) is 1. The lowest BCUT2D eigenvalue weighted by Crippen LogP contribution is -2.12. The fourth-order valence-electron chi connectivity index (χ4n) is 0.604. The van der Waals surface area contributed by atoms with E-state index in [4.69, 9.17) is 28.3 Å². The van der Waals surface area contributed by atoms with Crippen LogP contribution in [0.5, 0.6) is 0 Å². The van der Waals surface area contributed by atoms with Crippen molar-refractivity contribution in [2.24, 2.45) is 5.14 Å². The van der Waals surface area contributed by atoms with Crippen molar-refractivity contribution in [3.05, 3.63) is 22.4 Å². The zero-order valence-electron chi connectivity index (χ0n) is 5.66. The Hall–Kier alpha value is -0.360. The average Bonchev–Trinajstić information content (AvgIpc) is 1.83. The molecule has 7 heteroatoms. The van der Waals surface area contributed by atoms with E-state index in [1.54, 1.807) is 0 Å². The van der Waals surface area contributed by atoms with Gasteiger partial charge in [0.1, 0.15) is 10.0 Å². The van der Waals surface area contributed by atoms with Crippen molar-refractivity contribution in [1.29, 1.82) is 0 Å². The molecule has 0 unspecified atom stereocenters. The van der Waals surface area contributed by atoms with Crippen molar-refractivity contribution in [2.45, 2.75) is 4.90 Å². The number of pyridine rings is 1. The molecule has 0 amide bonds. The van der Waals surface area contributed by atoms with Crippen molar-refractivity contribution in [2.75, 3.05) is 0 Å². The smallest absolute Gasteiger partial charge is 0.241 e. The van der Waals surface area contributed by atoms with Gasteiger partial charge in [0.2, 0.25) is 10.0 Å². The van der Waals surface area contributed by atoms with Crippen molar-refractivity contribution in [1.82, 2.24) is 4.98 Å². The van der Waals surface area contributed by atoms with Crippen LogP contribution in [0, 0.1) is 0 Å². The Morgan fingerprint density at radius 1 is 1.42 bits per heavy atom. The number of nitrogens with zero attached hydrogens (tertiary/aromatic N) is 1. The molecule has 1 heterocycles. The maximum atomic E-state index is 10.8. The molecule has 12 heavy (non-hydrogen) atoms. The van der Waals surface area contributed by atoms with Crippen LogP contribution in [-0.4, -0.2) is 13.4 Å². The summed E-state index contributed by atoms with van der Waals surface area (Å²) < 4.78 is 21.6. The molecule has 1 aromatic heterocycles. The largest absolute Gasteiger partial charge is 0.243 e. The first-order valence-electron chi connectivity index (χ1n) is 2.75. The number of halogens is 2. The Morgan fingerprint density at radius 2 is 2.00 bits per heavy atom. The van der Waals surface area contributed by atoms with Crippen LogP contribution in [0.3, 0.4) is 0 Å². The molecule has 0 saturated carbocycles. The quantitative estimate of drug-likeness (QED) is 0.728. The van der Waals surface area contributed by atoms with Gasteiger partial charge in [-0.3, -0.25) is 0 Å². The molecule has 0 aliphatic heterocycles. The van der Waals surface area contributed by atoms with Gasteiger partial charge >= 0.3 is 0 Å². The van der Waals surface area contributed by atoms with Crippen molar-refractivity contribution >= 4 is 33.2 Å². The van der Waals surface area contributed by atoms with Crippen LogP contribution in [0.4, 0.5) is 0 Å². The van der Waals surface area contributed by atoms with Crippen LogP contribution in [0.1, 0.15) is 0 Å². The van der Waals surface area contributed by atoms with Crippen molar-refractivity contribution in [3.8, 4) is 0 Å². The summed E-state index contributed by atoms with van der Waals surface area (Å²) in [5, 5.41) is 4.90. The molecule has 0 atom stereocenters. The average molecular weight is 227 g/mol. The number of aromatic nitrogens is 1. The number of hydrogen-bond donors (Lipinski definition) is 1. The van der Waals surface area contributed by atoms with E-state index in [1.165, 1.54) is 6.07 Å². The molecular formula is C5H4Cl2N2O2S. The Kier molecular flexibility index (Phi) is 2.58. The summed E-state index contributed by atoms with van der Waals surface area (Å²) >= 11 is 11.0. The summed E-state index contributed by atoms with van der Waals surface area (Å²) in [6, 6.07) is 1.21. The number of rotatable bonds is 1. The molecule has 0 aliphatic rings. The predicted octanol–water partition coefficient (Wildman–Crippen LogP) is 1.04. The minimum absolute atomic E-state index is 0.0301. The molecule has 4 nitrogen and oxygen atoms in total. The van der Waals surface area contributed by atoms with Crippen LogP contribution in [0.25, 0.3) is 0 Å². The van der Waals surface area contributed by atoms with Gasteiger partial charge in [-0.15, -0.1) is 0 Å². The lowest BCUT2D eigenvalue weighted by molar-refractivity contribution is 0.597. The van der Waals surface area contributed by atoms with Gasteiger partial charge < -0.3 is 0 Å². The molecule has 0 aliphatic carbocycles. The van der Waals surface area contributed by atoms with Crippen LogP contribution in [0.15, 0.2) is 17.2 Å². The Morgan fingerprint density at radius 3 is 2.42 bits per heavy atom. The van der Waals surface area contributed by atoms with Gasteiger partial charge in [-0.1, -0.05) is 23.2 Å². The minimum Gasteiger partial charge on any atom is -0.243 e. The summed E-state index contributed by atoms with van der Waals surface area (Å²) in [5.74, 6) is 0. The minimum atomic E-state index is -3.80. The van der Waals surface area contributed by atoms with E-state index in [9.17, 15) is 8.42 Å². The van der Waals surface area contributed by atoms with Gasteiger partial charge in [-0.2, -0.15) is 0 Å². The van der Waals surface area contributed by atoms with E-state index in [2.05, 4.69) is 4.98 Å². The maximum absolute atomic E-state index is 10.8. The van der Waals surface area contributed by atoms with E-state index in [1.807, 2.05) is 0 Å². The molecule has 0 fully saturated rings. The molecule has 2 N–H and O–H groups in total. The fraction of sp³-hybridized carbons (Fsp3) is 0. The topological polar surface area (TPSA) is 73.1 Å². The molecule has 0 aromatic carbocycles. The maximum Gasteiger partial charge on any atom is 0.241 e. The molecular weight excluding hydrogens is 223 g/mol. The van der Waals surface area contributed by atoms with Gasteiger partial charge in [0.05, 0.1) is 11.2 Å². The Balaban J connectivity index is 3.39. The summed E-state index contributed by atoms with van der Waals surface area (Å²) in [4.78, 5) is 3.30. The lowest BCUT2D eigenvalue weighted by atomic mass is 10.5. The molecule has 0 radical (unpaired) electrons. The van der Waals surface area contributed by atoms with E-state index in [-0.39, 0.29) is 15.1 Å². The molecule has 1 rings (SSSR count).